The van der Waals surface area contributed by atoms with Crippen LogP contribution in [0.3, 0.4) is 0 Å². The highest BCUT2D eigenvalue weighted by Gasteiger charge is 2.16. The lowest BCUT2D eigenvalue weighted by Gasteiger charge is -2.14. The fraction of sp³-hybridized carbons (Fsp3) is 0.349. The minimum absolute atomic E-state index is 0.485. The first kappa shape index (κ1) is 34.2. The quantitative estimate of drug-likeness (QED) is 0.0990. The van der Waals surface area contributed by atoms with E-state index in [4.69, 9.17) is 9.47 Å². The lowest BCUT2D eigenvalue weighted by molar-refractivity contribution is 0.178. The van der Waals surface area contributed by atoms with Gasteiger partial charge in [0.1, 0.15) is 11.5 Å². The van der Waals surface area contributed by atoms with Gasteiger partial charge >= 0.3 is 0 Å². The van der Waals surface area contributed by atoms with Crippen LogP contribution in [0.4, 0.5) is 0 Å². The number of pyridine rings is 2. The molecule has 1 atom stereocenters. The minimum Gasteiger partial charge on any atom is -0.494 e. The van der Waals surface area contributed by atoms with Crippen molar-refractivity contribution in [2.75, 3.05) is 13.2 Å². The van der Waals surface area contributed by atoms with Gasteiger partial charge in [-0.3, -0.25) is 9.97 Å². The number of aryl methyl sites for hydroxylation is 1. The van der Waals surface area contributed by atoms with Crippen LogP contribution in [0.1, 0.15) is 88.0 Å². The molecule has 0 saturated carbocycles. The molecule has 0 aliphatic rings. The average molecular weight is 656 g/mol. The van der Waals surface area contributed by atoms with Crippen molar-refractivity contribution in [2.45, 2.75) is 84.7 Å². The second-order valence-corrected chi connectivity index (χ2v) is 13.1. The Balaban J connectivity index is 1.25. The number of rotatable bonds is 17. The summed E-state index contributed by atoms with van der Waals surface area (Å²) in [4.78, 5) is 9.00. The van der Waals surface area contributed by atoms with E-state index in [1.54, 1.807) is 12.4 Å². The van der Waals surface area contributed by atoms with Gasteiger partial charge in [0.25, 0.3) is 0 Å². The summed E-state index contributed by atoms with van der Waals surface area (Å²) in [5.74, 6) is 1.79. The molecule has 0 saturated heterocycles. The molecule has 1 N–H and O–H groups in total. The van der Waals surface area contributed by atoms with Crippen molar-refractivity contribution >= 4 is 21.8 Å². The van der Waals surface area contributed by atoms with E-state index in [1.807, 2.05) is 43.3 Å². The molecule has 6 rings (SSSR count). The standard InChI is InChI=1S/C43H49N3O3/c1-4-6-8-10-24-48-35-16-18-41-37(29-35)38-30-36(49-25-11-9-7-5-2)17-19-42(38)46(41)34-14-12-33(13-15-34)43(47)28-32-21-23-45-40(27-32)39-26-31(3)20-22-44-39/h12-23,26-27,29-30,43,47H,4-11,24-25,28H2,1-3H3. The first-order valence-electron chi connectivity index (χ1n) is 18.0. The highest BCUT2D eigenvalue weighted by molar-refractivity contribution is 6.10. The van der Waals surface area contributed by atoms with Gasteiger partial charge in [0.15, 0.2) is 0 Å². The van der Waals surface area contributed by atoms with Crippen molar-refractivity contribution < 1.29 is 14.6 Å². The monoisotopic (exact) mass is 655 g/mol. The highest BCUT2D eigenvalue weighted by atomic mass is 16.5. The Morgan fingerprint density at radius 3 is 1.78 bits per heavy atom. The van der Waals surface area contributed by atoms with Gasteiger partial charge in [0.05, 0.1) is 41.7 Å². The van der Waals surface area contributed by atoms with Crippen molar-refractivity contribution in [3.05, 3.63) is 114 Å². The number of unbranched alkanes of at least 4 members (excludes halogenated alkanes) is 6. The predicted molar refractivity (Wildman–Crippen MR) is 201 cm³/mol. The van der Waals surface area contributed by atoms with Crippen LogP contribution in [0.5, 0.6) is 11.5 Å². The van der Waals surface area contributed by atoms with Crippen molar-refractivity contribution in [2.24, 2.45) is 0 Å². The molecular formula is C43H49N3O3. The maximum absolute atomic E-state index is 11.3. The maximum atomic E-state index is 11.3. The Morgan fingerprint density at radius 2 is 1.20 bits per heavy atom. The van der Waals surface area contributed by atoms with E-state index in [0.29, 0.717) is 6.42 Å². The number of benzene rings is 3. The minimum atomic E-state index is -0.651. The average Bonchev–Trinajstić information content (AvgIpc) is 3.44. The van der Waals surface area contributed by atoms with E-state index in [1.165, 1.54) is 38.5 Å². The molecule has 0 radical (unpaired) electrons. The summed E-state index contributed by atoms with van der Waals surface area (Å²) in [6, 6.07) is 29.1. The molecule has 1 unspecified atom stereocenters. The fourth-order valence-corrected chi connectivity index (χ4v) is 6.48. The van der Waals surface area contributed by atoms with E-state index < -0.39 is 6.10 Å². The number of ether oxygens (including phenoxy) is 2. The first-order chi connectivity index (χ1) is 24.0. The van der Waals surface area contributed by atoms with Gasteiger partial charge in [-0.05, 0) is 109 Å². The number of hydrogen-bond donors (Lipinski definition) is 1. The summed E-state index contributed by atoms with van der Waals surface area (Å²) in [5, 5.41) is 13.5. The third-order valence-electron chi connectivity index (χ3n) is 9.21. The summed E-state index contributed by atoms with van der Waals surface area (Å²) >= 11 is 0. The Hall–Kier alpha value is -4.68. The molecule has 49 heavy (non-hydrogen) atoms. The largest absolute Gasteiger partial charge is 0.494 e. The Morgan fingerprint density at radius 1 is 0.633 bits per heavy atom. The third kappa shape index (κ3) is 8.49. The molecule has 0 aliphatic carbocycles. The third-order valence-corrected chi connectivity index (χ3v) is 9.21. The summed E-state index contributed by atoms with van der Waals surface area (Å²) in [5.41, 5.74) is 7.92. The molecular weight excluding hydrogens is 606 g/mol. The molecule has 0 amide bonds. The van der Waals surface area contributed by atoms with Crippen molar-refractivity contribution in [3.63, 3.8) is 0 Å². The van der Waals surface area contributed by atoms with Crippen LogP contribution >= 0.6 is 0 Å². The molecule has 0 spiro atoms. The number of aliphatic hydroxyl groups is 1. The number of hydrogen-bond acceptors (Lipinski definition) is 5. The second-order valence-electron chi connectivity index (χ2n) is 13.1. The number of aromatic nitrogens is 3. The summed E-state index contributed by atoms with van der Waals surface area (Å²) in [6.45, 7) is 7.96. The summed E-state index contributed by atoms with van der Waals surface area (Å²) < 4.78 is 14.7. The van der Waals surface area contributed by atoms with Crippen molar-refractivity contribution in [1.29, 1.82) is 0 Å². The molecule has 6 aromatic rings. The molecule has 3 heterocycles. The van der Waals surface area contributed by atoms with Crippen LogP contribution in [0, 0.1) is 6.92 Å². The number of aliphatic hydroxyl groups excluding tert-OH is 1. The number of fused-ring (bicyclic) bond motifs is 3. The SMILES string of the molecule is CCCCCCOc1ccc2c(c1)c1cc(OCCCCCC)ccc1n2-c1ccc(C(O)Cc2ccnc(-c3cc(C)ccn3)c2)cc1. The predicted octanol–water partition coefficient (Wildman–Crippen LogP) is 10.7. The molecule has 0 fully saturated rings. The van der Waals surface area contributed by atoms with E-state index in [9.17, 15) is 5.11 Å². The van der Waals surface area contributed by atoms with Crippen LogP contribution < -0.4 is 9.47 Å². The maximum Gasteiger partial charge on any atom is 0.120 e. The lowest BCUT2D eigenvalue weighted by Crippen LogP contribution is -2.03. The zero-order valence-corrected chi connectivity index (χ0v) is 29.2. The van der Waals surface area contributed by atoms with E-state index in [2.05, 4.69) is 76.9 Å². The van der Waals surface area contributed by atoms with Crippen LogP contribution in [0.25, 0.3) is 38.9 Å². The van der Waals surface area contributed by atoms with E-state index >= 15 is 0 Å². The Labute approximate surface area is 290 Å². The van der Waals surface area contributed by atoms with Gasteiger partial charge < -0.3 is 19.1 Å². The molecule has 0 bridgehead atoms. The topological polar surface area (TPSA) is 69.4 Å². The normalized spacial score (nSPS) is 12.1. The van der Waals surface area contributed by atoms with Gasteiger partial charge in [-0.15, -0.1) is 0 Å². The van der Waals surface area contributed by atoms with Gasteiger partial charge in [-0.25, -0.2) is 0 Å². The smallest absolute Gasteiger partial charge is 0.120 e. The van der Waals surface area contributed by atoms with Crippen LogP contribution in [-0.4, -0.2) is 32.9 Å². The highest BCUT2D eigenvalue weighted by Crippen LogP contribution is 2.37. The zero-order valence-electron chi connectivity index (χ0n) is 29.2. The first-order valence-corrected chi connectivity index (χ1v) is 18.0. The molecule has 254 valence electrons. The summed E-state index contributed by atoms with van der Waals surface area (Å²) in [7, 11) is 0. The fourth-order valence-electron chi connectivity index (χ4n) is 6.48. The van der Waals surface area contributed by atoms with Gasteiger partial charge in [0, 0.05) is 35.3 Å². The molecule has 0 aliphatic heterocycles. The molecule has 6 heteroatoms. The van der Waals surface area contributed by atoms with E-state index in [0.717, 1.165) is 93.1 Å². The van der Waals surface area contributed by atoms with E-state index in [-0.39, 0.29) is 0 Å². The molecule has 6 nitrogen and oxygen atoms in total. The van der Waals surface area contributed by atoms with Crippen LogP contribution in [0.2, 0.25) is 0 Å². The van der Waals surface area contributed by atoms with Crippen molar-refractivity contribution in [3.8, 4) is 28.6 Å². The molecule has 3 aromatic carbocycles. The number of nitrogens with zero attached hydrogens (tertiary/aromatic N) is 3. The van der Waals surface area contributed by atoms with Crippen LogP contribution in [-0.2, 0) is 6.42 Å². The lowest BCUT2D eigenvalue weighted by atomic mass is 10.0. The second kappa shape index (κ2) is 16.6. The van der Waals surface area contributed by atoms with Crippen LogP contribution in [0.15, 0.2) is 97.3 Å². The van der Waals surface area contributed by atoms with Gasteiger partial charge in [-0.2, -0.15) is 0 Å². The Bertz CT molecular complexity index is 1890. The zero-order chi connectivity index (χ0) is 34.0. The summed E-state index contributed by atoms with van der Waals surface area (Å²) in [6.07, 6.45) is 12.8. The Kier molecular flexibility index (Phi) is 11.6. The van der Waals surface area contributed by atoms with Crippen molar-refractivity contribution in [1.82, 2.24) is 14.5 Å². The van der Waals surface area contributed by atoms with Gasteiger partial charge in [-0.1, -0.05) is 64.5 Å². The molecule has 3 aromatic heterocycles. The van der Waals surface area contributed by atoms with Gasteiger partial charge in [0.2, 0.25) is 0 Å².